The number of H-pyrrole nitrogens is 1. The summed E-state index contributed by atoms with van der Waals surface area (Å²) in [5.41, 5.74) is 3.77. The molecule has 0 aliphatic heterocycles. The van der Waals surface area contributed by atoms with E-state index in [-0.39, 0.29) is 0 Å². The van der Waals surface area contributed by atoms with Gasteiger partial charge in [0.15, 0.2) is 0 Å². The number of aromatic nitrogens is 1. The van der Waals surface area contributed by atoms with Gasteiger partial charge in [0.1, 0.15) is 0 Å². The molecule has 3 rings (SSSR count). The van der Waals surface area contributed by atoms with E-state index in [1.165, 1.54) is 39.5 Å². The van der Waals surface area contributed by atoms with Crippen molar-refractivity contribution in [3.05, 3.63) is 33.9 Å². The average Bonchev–Trinajstić information content (AvgIpc) is 3.03. The first-order chi connectivity index (χ1) is 7.74. The highest BCUT2D eigenvalue weighted by Crippen LogP contribution is 2.29. The minimum Gasteiger partial charge on any atom is -0.356 e. The molecular formula is C13H15BrN2. The molecular weight excluding hydrogens is 264 g/mol. The second kappa shape index (κ2) is 3.90. The lowest BCUT2D eigenvalue weighted by molar-refractivity contribution is 0.676. The van der Waals surface area contributed by atoms with Crippen LogP contribution in [0.15, 0.2) is 22.7 Å². The van der Waals surface area contributed by atoms with Crippen LogP contribution in [0.2, 0.25) is 0 Å². The van der Waals surface area contributed by atoms with Crippen LogP contribution in [0.5, 0.6) is 0 Å². The molecule has 1 aliphatic rings. The SMILES string of the molecule is Cc1ccc2c(Br)c(CNC3CC3)[nH]c2c1. The van der Waals surface area contributed by atoms with Crippen LogP contribution in [0.4, 0.5) is 0 Å². The van der Waals surface area contributed by atoms with E-state index in [1.54, 1.807) is 0 Å². The third kappa shape index (κ3) is 1.89. The van der Waals surface area contributed by atoms with Crippen LogP contribution in [0, 0.1) is 6.92 Å². The van der Waals surface area contributed by atoms with Crippen LogP contribution in [0.3, 0.4) is 0 Å². The Kier molecular flexibility index (Phi) is 2.52. The standard InChI is InChI=1S/C13H15BrN2/c1-8-2-5-10-11(6-8)16-12(13(10)14)7-15-9-3-4-9/h2,5-6,9,15-16H,3-4,7H2,1H3. The minimum absolute atomic E-state index is 0.750. The number of halogens is 1. The molecule has 0 unspecified atom stereocenters. The molecule has 0 bridgehead atoms. The first-order valence-corrected chi connectivity index (χ1v) is 6.53. The highest BCUT2D eigenvalue weighted by molar-refractivity contribution is 9.10. The quantitative estimate of drug-likeness (QED) is 0.884. The fourth-order valence-corrected chi connectivity index (χ4v) is 2.57. The van der Waals surface area contributed by atoms with Gasteiger partial charge in [0.05, 0.1) is 0 Å². The lowest BCUT2D eigenvalue weighted by Gasteiger charge is -2.00. The van der Waals surface area contributed by atoms with Gasteiger partial charge in [-0.05, 0) is 47.3 Å². The van der Waals surface area contributed by atoms with Gasteiger partial charge in [-0.25, -0.2) is 0 Å². The smallest absolute Gasteiger partial charge is 0.0474 e. The van der Waals surface area contributed by atoms with Gasteiger partial charge in [0.25, 0.3) is 0 Å². The largest absolute Gasteiger partial charge is 0.356 e. The molecule has 84 valence electrons. The Morgan fingerprint density at radius 3 is 3.00 bits per heavy atom. The number of hydrogen-bond acceptors (Lipinski definition) is 1. The van der Waals surface area contributed by atoms with Gasteiger partial charge in [0.2, 0.25) is 0 Å². The molecule has 0 spiro atoms. The Balaban J connectivity index is 1.94. The summed E-state index contributed by atoms with van der Waals surface area (Å²) in [6.07, 6.45) is 2.66. The number of hydrogen-bond donors (Lipinski definition) is 2. The highest BCUT2D eigenvalue weighted by Gasteiger charge is 2.21. The summed E-state index contributed by atoms with van der Waals surface area (Å²) >= 11 is 3.68. The van der Waals surface area contributed by atoms with Crippen molar-refractivity contribution in [2.24, 2.45) is 0 Å². The maximum absolute atomic E-state index is 3.68. The number of aromatic amines is 1. The van der Waals surface area contributed by atoms with Gasteiger partial charge in [-0.2, -0.15) is 0 Å². The molecule has 1 aromatic carbocycles. The summed E-state index contributed by atoms with van der Waals surface area (Å²) in [4.78, 5) is 3.48. The van der Waals surface area contributed by atoms with Gasteiger partial charge in [-0.3, -0.25) is 0 Å². The van der Waals surface area contributed by atoms with Crippen LogP contribution in [0.25, 0.3) is 10.9 Å². The molecule has 2 aromatic rings. The molecule has 2 nitrogen and oxygen atoms in total. The second-order valence-corrected chi connectivity index (χ2v) is 5.41. The van der Waals surface area contributed by atoms with Gasteiger partial charge >= 0.3 is 0 Å². The predicted molar refractivity (Wildman–Crippen MR) is 70.6 cm³/mol. The van der Waals surface area contributed by atoms with E-state index in [9.17, 15) is 0 Å². The van der Waals surface area contributed by atoms with Crippen LogP contribution in [0.1, 0.15) is 24.1 Å². The van der Waals surface area contributed by atoms with Crippen molar-refractivity contribution in [1.82, 2.24) is 10.3 Å². The lowest BCUT2D eigenvalue weighted by atomic mass is 10.2. The zero-order valence-electron chi connectivity index (χ0n) is 9.31. The number of aryl methyl sites for hydroxylation is 1. The van der Waals surface area contributed by atoms with Gasteiger partial charge < -0.3 is 10.3 Å². The van der Waals surface area contributed by atoms with E-state index in [4.69, 9.17) is 0 Å². The Morgan fingerprint density at radius 2 is 2.25 bits per heavy atom. The molecule has 0 amide bonds. The molecule has 3 heteroatoms. The van der Waals surface area contributed by atoms with Crippen LogP contribution in [-0.4, -0.2) is 11.0 Å². The van der Waals surface area contributed by atoms with E-state index in [2.05, 4.69) is 51.4 Å². The predicted octanol–water partition coefficient (Wildman–Crippen LogP) is 3.49. The van der Waals surface area contributed by atoms with E-state index < -0.39 is 0 Å². The van der Waals surface area contributed by atoms with Crippen molar-refractivity contribution in [3.8, 4) is 0 Å². The van der Waals surface area contributed by atoms with Gasteiger partial charge in [0, 0.05) is 33.7 Å². The van der Waals surface area contributed by atoms with Crippen LogP contribution in [-0.2, 0) is 6.54 Å². The summed E-state index contributed by atoms with van der Waals surface area (Å²) in [5, 5.41) is 4.80. The van der Waals surface area contributed by atoms with Crippen LogP contribution < -0.4 is 5.32 Å². The number of benzene rings is 1. The minimum atomic E-state index is 0.750. The van der Waals surface area contributed by atoms with Crippen molar-refractivity contribution < 1.29 is 0 Å². The summed E-state index contributed by atoms with van der Waals surface area (Å²) in [6, 6.07) is 7.27. The van der Waals surface area contributed by atoms with Crippen molar-refractivity contribution in [2.45, 2.75) is 32.4 Å². The van der Waals surface area contributed by atoms with Gasteiger partial charge in [-0.1, -0.05) is 12.1 Å². The van der Waals surface area contributed by atoms with Crippen molar-refractivity contribution >= 4 is 26.8 Å². The zero-order chi connectivity index (χ0) is 11.1. The van der Waals surface area contributed by atoms with Crippen molar-refractivity contribution in [2.75, 3.05) is 0 Å². The second-order valence-electron chi connectivity index (χ2n) is 4.62. The molecule has 1 aliphatic carbocycles. The third-order valence-electron chi connectivity index (χ3n) is 3.11. The fourth-order valence-electron chi connectivity index (χ4n) is 1.99. The zero-order valence-corrected chi connectivity index (χ0v) is 10.9. The summed E-state index contributed by atoms with van der Waals surface area (Å²) in [5.74, 6) is 0. The molecule has 1 aromatic heterocycles. The van der Waals surface area contributed by atoms with Crippen LogP contribution >= 0.6 is 15.9 Å². The molecule has 2 N–H and O–H groups in total. The number of fused-ring (bicyclic) bond motifs is 1. The first kappa shape index (κ1) is 10.4. The van der Waals surface area contributed by atoms with E-state index in [0.717, 1.165) is 12.6 Å². The normalized spacial score (nSPS) is 15.9. The average molecular weight is 279 g/mol. The summed E-state index contributed by atoms with van der Waals surface area (Å²) in [6.45, 7) is 3.05. The van der Waals surface area contributed by atoms with E-state index in [0.29, 0.717) is 0 Å². The Labute approximate surface area is 104 Å². The van der Waals surface area contributed by atoms with Gasteiger partial charge in [-0.15, -0.1) is 0 Å². The Hall–Kier alpha value is -0.800. The summed E-state index contributed by atoms with van der Waals surface area (Å²) < 4.78 is 1.20. The first-order valence-electron chi connectivity index (χ1n) is 5.74. The molecule has 0 radical (unpaired) electrons. The molecule has 0 saturated heterocycles. The highest BCUT2D eigenvalue weighted by atomic mass is 79.9. The molecule has 1 saturated carbocycles. The maximum Gasteiger partial charge on any atom is 0.0474 e. The molecule has 0 atom stereocenters. The third-order valence-corrected chi connectivity index (χ3v) is 4.01. The monoisotopic (exact) mass is 278 g/mol. The maximum atomic E-state index is 3.68. The molecule has 16 heavy (non-hydrogen) atoms. The topological polar surface area (TPSA) is 27.8 Å². The van der Waals surface area contributed by atoms with Crippen molar-refractivity contribution in [3.63, 3.8) is 0 Å². The fraction of sp³-hybridized carbons (Fsp3) is 0.385. The van der Waals surface area contributed by atoms with Crippen molar-refractivity contribution in [1.29, 1.82) is 0 Å². The lowest BCUT2D eigenvalue weighted by Crippen LogP contribution is -2.15. The van der Waals surface area contributed by atoms with E-state index >= 15 is 0 Å². The van der Waals surface area contributed by atoms with E-state index in [1.807, 2.05) is 0 Å². The number of nitrogens with one attached hydrogen (secondary N) is 2. The molecule has 1 heterocycles. The Bertz CT molecular complexity index is 526. The number of rotatable bonds is 3. The summed E-state index contributed by atoms with van der Waals surface area (Å²) in [7, 11) is 0. The molecule has 1 fully saturated rings. The Morgan fingerprint density at radius 1 is 1.44 bits per heavy atom.